The first-order valence-electron chi connectivity index (χ1n) is 14.8. The van der Waals surface area contributed by atoms with Crippen LogP contribution >= 0.6 is 11.6 Å². The summed E-state index contributed by atoms with van der Waals surface area (Å²) < 4.78 is 11.6. The summed E-state index contributed by atoms with van der Waals surface area (Å²) in [5.74, 6) is 0.759. The van der Waals surface area contributed by atoms with E-state index in [0.29, 0.717) is 53.7 Å². The SMILES string of the molecule is COc1cc2[nH]c(C(=O)N3C[C@@H](CCl)c4c3cc(O)c3ccccc43)cc2cc1OCCN1C(=O)CC2(CCNCC2)C1=O. The normalized spacial score (nSPS) is 19.4. The predicted octanol–water partition coefficient (Wildman–Crippen LogP) is 4.53. The number of imide groups is 1. The number of halogens is 1. The zero-order valence-electron chi connectivity index (χ0n) is 24.3. The molecule has 10 nitrogen and oxygen atoms in total. The number of H-pyrrole nitrogens is 1. The van der Waals surface area contributed by atoms with E-state index in [0.717, 1.165) is 34.8 Å². The maximum atomic E-state index is 13.9. The summed E-state index contributed by atoms with van der Waals surface area (Å²) in [6.07, 6.45) is 1.59. The Morgan fingerprint density at radius 2 is 1.86 bits per heavy atom. The highest BCUT2D eigenvalue weighted by Crippen LogP contribution is 2.46. The highest BCUT2D eigenvalue weighted by Gasteiger charge is 2.51. The van der Waals surface area contributed by atoms with Gasteiger partial charge in [0, 0.05) is 53.2 Å². The standard InChI is InChI=1S/C33H33ClN4O6/c1-43-27-14-23-19(13-28(27)44-11-10-37-29(40)16-33(32(37)42)6-8-35-9-7-33)12-24(36-23)31(41)38-18-20(17-34)30-22-5-3-2-4-21(22)26(39)15-25(30)38/h2-5,12-15,20,35-36,39H,6-11,16-18H2,1H3/t20-/m1/s1. The van der Waals surface area contributed by atoms with Gasteiger partial charge in [-0.3, -0.25) is 19.3 Å². The molecule has 3 aliphatic heterocycles. The zero-order valence-corrected chi connectivity index (χ0v) is 25.1. The molecule has 3 aliphatic rings. The lowest BCUT2D eigenvalue weighted by molar-refractivity contribution is -0.142. The molecule has 1 aromatic heterocycles. The molecular weight excluding hydrogens is 584 g/mol. The van der Waals surface area contributed by atoms with Gasteiger partial charge in [-0.15, -0.1) is 11.6 Å². The first kappa shape index (κ1) is 28.5. The Labute approximate surface area is 258 Å². The number of hydrogen-bond acceptors (Lipinski definition) is 7. The second kappa shape index (κ2) is 11.0. The Balaban J connectivity index is 1.12. The van der Waals surface area contributed by atoms with Gasteiger partial charge in [0.1, 0.15) is 18.1 Å². The molecule has 0 saturated carbocycles. The van der Waals surface area contributed by atoms with Crippen LogP contribution in [0.3, 0.4) is 0 Å². The second-order valence-electron chi connectivity index (χ2n) is 11.8. The smallest absolute Gasteiger partial charge is 0.274 e. The van der Waals surface area contributed by atoms with Gasteiger partial charge in [0.25, 0.3) is 5.91 Å². The van der Waals surface area contributed by atoms with Crippen LogP contribution in [-0.2, 0) is 9.59 Å². The Morgan fingerprint density at radius 1 is 1.09 bits per heavy atom. The number of alkyl halides is 1. The van der Waals surface area contributed by atoms with Crippen molar-refractivity contribution >= 4 is 56.7 Å². The topological polar surface area (TPSA) is 124 Å². The summed E-state index contributed by atoms with van der Waals surface area (Å²) in [4.78, 5) is 45.9. The fourth-order valence-corrected chi connectivity index (χ4v) is 7.30. The number of carbonyl (C=O) groups excluding carboxylic acids is 3. The van der Waals surface area contributed by atoms with Crippen LogP contribution in [0, 0.1) is 5.41 Å². The minimum absolute atomic E-state index is 0.0791. The van der Waals surface area contributed by atoms with Gasteiger partial charge in [0.2, 0.25) is 11.8 Å². The van der Waals surface area contributed by atoms with E-state index in [1.807, 2.05) is 24.3 Å². The van der Waals surface area contributed by atoms with Crippen molar-refractivity contribution in [3.8, 4) is 17.2 Å². The van der Waals surface area contributed by atoms with Crippen LogP contribution < -0.4 is 19.7 Å². The number of nitrogens with one attached hydrogen (secondary N) is 2. The number of ether oxygens (including phenoxy) is 2. The maximum absolute atomic E-state index is 13.9. The molecule has 0 bridgehead atoms. The lowest BCUT2D eigenvalue weighted by atomic mass is 9.77. The van der Waals surface area contributed by atoms with Crippen LogP contribution in [0.4, 0.5) is 5.69 Å². The molecule has 3 N–H and O–H groups in total. The molecule has 3 amide bonds. The number of anilines is 1. The van der Waals surface area contributed by atoms with Crippen molar-refractivity contribution in [2.24, 2.45) is 5.41 Å². The number of carbonyl (C=O) groups is 3. The molecule has 2 saturated heterocycles. The second-order valence-corrected chi connectivity index (χ2v) is 12.1. The van der Waals surface area contributed by atoms with Gasteiger partial charge in [-0.05, 0) is 49.0 Å². The van der Waals surface area contributed by atoms with Crippen molar-refractivity contribution in [3.63, 3.8) is 0 Å². The van der Waals surface area contributed by atoms with Crippen LogP contribution in [0.1, 0.15) is 41.2 Å². The summed E-state index contributed by atoms with van der Waals surface area (Å²) in [6, 6.07) is 14.5. The molecule has 4 heterocycles. The monoisotopic (exact) mass is 616 g/mol. The van der Waals surface area contributed by atoms with Gasteiger partial charge in [0.15, 0.2) is 11.5 Å². The van der Waals surface area contributed by atoms with E-state index in [-0.39, 0.29) is 49.0 Å². The predicted molar refractivity (Wildman–Crippen MR) is 167 cm³/mol. The number of aromatic nitrogens is 1. The molecule has 44 heavy (non-hydrogen) atoms. The number of rotatable bonds is 7. The lowest BCUT2D eigenvalue weighted by Gasteiger charge is -2.31. The van der Waals surface area contributed by atoms with Crippen molar-refractivity contribution in [1.29, 1.82) is 0 Å². The van der Waals surface area contributed by atoms with E-state index >= 15 is 0 Å². The number of fused-ring (bicyclic) bond motifs is 4. The maximum Gasteiger partial charge on any atom is 0.274 e. The van der Waals surface area contributed by atoms with Crippen molar-refractivity contribution in [3.05, 3.63) is 59.8 Å². The van der Waals surface area contributed by atoms with E-state index in [1.165, 1.54) is 12.0 Å². The highest BCUT2D eigenvalue weighted by molar-refractivity contribution is 6.19. The largest absolute Gasteiger partial charge is 0.507 e. The Bertz CT molecular complexity index is 1810. The molecule has 1 spiro atoms. The molecule has 7 rings (SSSR count). The third-order valence-electron chi connectivity index (χ3n) is 9.33. The summed E-state index contributed by atoms with van der Waals surface area (Å²) in [6.45, 7) is 2.13. The average Bonchev–Trinajstić information content (AvgIpc) is 3.69. The van der Waals surface area contributed by atoms with Gasteiger partial charge >= 0.3 is 0 Å². The number of likely N-dealkylation sites (tertiary alicyclic amines) is 1. The molecule has 11 heteroatoms. The van der Waals surface area contributed by atoms with Gasteiger partial charge in [-0.25, -0.2) is 0 Å². The van der Waals surface area contributed by atoms with E-state index < -0.39 is 5.41 Å². The number of phenols is 1. The molecule has 4 aromatic rings. The molecule has 1 atom stereocenters. The van der Waals surface area contributed by atoms with Gasteiger partial charge < -0.3 is 29.8 Å². The van der Waals surface area contributed by atoms with Crippen molar-refractivity contribution < 1.29 is 29.0 Å². The van der Waals surface area contributed by atoms with Gasteiger partial charge in [-0.1, -0.05) is 24.3 Å². The number of hydrogen-bond donors (Lipinski definition) is 3. The number of benzene rings is 3. The summed E-state index contributed by atoms with van der Waals surface area (Å²) >= 11 is 6.36. The van der Waals surface area contributed by atoms with Crippen LogP contribution in [0.15, 0.2) is 48.5 Å². The van der Waals surface area contributed by atoms with Gasteiger partial charge in [0.05, 0.1) is 24.8 Å². The number of amides is 3. The summed E-state index contributed by atoms with van der Waals surface area (Å²) in [5, 5.41) is 16.4. The van der Waals surface area contributed by atoms with Crippen LogP contribution in [0.2, 0.25) is 0 Å². The minimum atomic E-state index is -0.585. The van der Waals surface area contributed by atoms with Crippen molar-refractivity contribution in [2.75, 3.05) is 50.7 Å². The van der Waals surface area contributed by atoms with Crippen molar-refractivity contribution in [1.82, 2.24) is 15.2 Å². The Kier molecular flexibility index (Phi) is 7.13. The zero-order chi connectivity index (χ0) is 30.6. The molecule has 228 valence electrons. The highest BCUT2D eigenvalue weighted by atomic mass is 35.5. The van der Waals surface area contributed by atoms with E-state index in [2.05, 4.69) is 10.3 Å². The summed E-state index contributed by atoms with van der Waals surface area (Å²) in [7, 11) is 1.53. The fourth-order valence-electron chi connectivity index (χ4n) is 7.05. The van der Waals surface area contributed by atoms with Crippen LogP contribution in [0.5, 0.6) is 17.2 Å². The number of aromatic hydroxyl groups is 1. The first-order chi connectivity index (χ1) is 21.3. The third kappa shape index (κ3) is 4.55. The van der Waals surface area contributed by atoms with E-state index in [1.54, 1.807) is 29.2 Å². The van der Waals surface area contributed by atoms with E-state index in [9.17, 15) is 19.5 Å². The third-order valence-corrected chi connectivity index (χ3v) is 9.71. The molecule has 0 unspecified atom stereocenters. The number of nitrogens with zero attached hydrogens (tertiary/aromatic N) is 2. The summed E-state index contributed by atoms with van der Waals surface area (Å²) in [5.41, 5.74) is 2.07. The lowest BCUT2D eigenvalue weighted by Crippen LogP contribution is -2.43. The molecule has 2 fully saturated rings. The fraction of sp³-hybridized carbons (Fsp3) is 0.364. The van der Waals surface area contributed by atoms with Crippen LogP contribution in [0.25, 0.3) is 21.7 Å². The molecule has 0 aliphatic carbocycles. The molecule has 0 radical (unpaired) electrons. The van der Waals surface area contributed by atoms with Gasteiger partial charge in [-0.2, -0.15) is 0 Å². The Morgan fingerprint density at radius 3 is 2.61 bits per heavy atom. The number of aromatic amines is 1. The molecule has 3 aromatic carbocycles. The minimum Gasteiger partial charge on any atom is -0.507 e. The quantitative estimate of drug-likeness (QED) is 0.206. The van der Waals surface area contributed by atoms with Crippen LogP contribution in [-0.4, -0.2) is 78.5 Å². The number of methoxy groups -OCH3 is 1. The Hall–Kier alpha value is -4.28. The first-order valence-corrected chi connectivity index (χ1v) is 15.4. The van der Waals surface area contributed by atoms with Crippen molar-refractivity contribution in [2.45, 2.75) is 25.2 Å². The number of phenolic OH excluding ortho intramolecular Hbond substituents is 1. The molecular formula is C33H33ClN4O6. The van der Waals surface area contributed by atoms with E-state index in [4.69, 9.17) is 21.1 Å². The number of piperidine rings is 1. The average molecular weight is 617 g/mol.